The highest BCUT2D eigenvalue weighted by Crippen LogP contribution is 2.29. The summed E-state index contributed by atoms with van der Waals surface area (Å²) in [6.07, 6.45) is 2.19. The molecular formula is C13H20ClNO. The molecule has 2 rings (SSSR count). The lowest BCUT2D eigenvalue weighted by molar-refractivity contribution is 0.0583. The number of aryl methyl sites for hydroxylation is 1. The van der Waals surface area contributed by atoms with E-state index >= 15 is 0 Å². The summed E-state index contributed by atoms with van der Waals surface area (Å²) >= 11 is 0. The van der Waals surface area contributed by atoms with Crippen molar-refractivity contribution in [3.8, 4) is 0 Å². The van der Waals surface area contributed by atoms with Gasteiger partial charge < -0.3 is 10.5 Å². The van der Waals surface area contributed by atoms with Crippen molar-refractivity contribution in [1.29, 1.82) is 0 Å². The minimum absolute atomic E-state index is 0. The summed E-state index contributed by atoms with van der Waals surface area (Å²) in [4.78, 5) is 0. The first-order valence-corrected chi connectivity index (χ1v) is 5.68. The Morgan fingerprint density at radius 2 is 1.88 bits per heavy atom. The molecule has 0 radical (unpaired) electrons. The van der Waals surface area contributed by atoms with E-state index in [9.17, 15) is 0 Å². The van der Waals surface area contributed by atoms with Crippen molar-refractivity contribution in [3.63, 3.8) is 0 Å². The van der Waals surface area contributed by atoms with E-state index in [4.69, 9.17) is 10.5 Å². The third-order valence-electron chi connectivity index (χ3n) is 3.32. The van der Waals surface area contributed by atoms with Gasteiger partial charge in [0.15, 0.2) is 0 Å². The highest BCUT2D eigenvalue weighted by molar-refractivity contribution is 5.85. The highest BCUT2D eigenvalue weighted by atomic mass is 35.5. The Balaban J connectivity index is 0.00000128. The van der Waals surface area contributed by atoms with Crippen LogP contribution in [0.4, 0.5) is 0 Å². The first kappa shape index (κ1) is 13.5. The molecule has 0 bridgehead atoms. The van der Waals surface area contributed by atoms with Crippen molar-refractivity contribution in [3.05, 3.63) is 35.4 Å². The largest absolute Gasteiger partial charge is 0.381 e. The molecule has 1 fully saturated rings. The van der Waals surface area contributed by atoms with Crippen LogP contribution in [-0.4, -0.2) is 13.2 Å². The summed E-state index contributed by atoms with van der Waals surface area (Å²) in [6.45, 7) is 3.86. The summed E-state index contributed by atoms with van der Waals surface area (Å²) < 4.78 is 5.36. The van der Waals surface area contributed by atoms with Crippen molar-refractivity contribution in [1.82, 2.24) is 0 Å². The number of hydrogen-bond acceptors (Lipinski definition) is 2. The Hall–Kier alpha value is -0.570. The summed E-state index contributed by atoms with van der Waals surface area (Å²) in [7, 11) is 0. The minimum Gasteiger partial charge on any atom is -0.381 e. The van der Waals surface area contributed by atoms with E-state index in [2.05, 4.69) is 31.2 Å². The van der Waals surface area contributed by atoms with Crippen molar-refractivity contribution in [2.75, 3.05) is 13.2 Å². The standard InChI is InChI=1S/C13H19NO.ClH/c1-10-4-2-3-5-12(10)13(14)11-6-8-15-9-7-11;/h2-5,11,13H,6-9,14H2,1H3;1H/t13-;/m1./s1. The van der Waals surface area contributed by atoms with Gasteiger partial charge in [0.25, 0.3) is 0 Å². The average Bonchev–Trinajstić information content (AvgIpc) is 2.30. The van der Waals surface area contributed by atoms with Gasteiger partial charge in [-0.2, -0.15) is 0 Å². The van der Waals surface area contributed by atoms with Gasteiger partial charge in [-0.15, -0.1) is 12.4 Å². The predicted molar refractivity (Wildman–Crippen MR) is 68.9 cm³/mol. The van der Waals surface area contributed by atoms with Gasteiger partial charge in [-0.1, -0.05) is 24.3 Å². The van der Waals surface area contributed by atoms with E-state index in [1.54, 1.807) is 0 Å². The molecule has 90 valence electrons. The lowest BCUT2D eigenvalue weighted by atomic mass is 9.86. The van der Waals surface area contributed by atoms with Crippen LogP contribution in [0.1, 0.15) is 30.0 Å². The van der Waals surface area contributed by atoms with Crippen LogP contribution in [0.2, 0.25) is 0 Å². The van der Waals surface area contributed by atoms with Crippen LogP contribution >= 0.6 is 12.4 Å². The van der Waals surface area contributed by atoms with Crippen molar-refractivity contribution in [2.24, 2.45) is 11.7 Å². The molecule has 1 atom stereocenters. The maximum atomic E-state index is 6.32. The molecule has 3 heteroatoms. The lowest BCUT2D eigenvalue weighted by Crippen LogP contribution is -2.27. The highest BCUT2D eigenvalue weighted by Gasteiger charge is 2.22. The van der Waals surface area contributed by atoms with Gasteiger partial charge in [0.1, 0.15) is 0 Å². The zero-order valence-electron chi connectivity index (χ0n) is 9.69. The monoisotopic (exact) mass is 241 g/mol. The quantitative estimate of drug-likeness (QED) is 0.864. The van der Waals surface area contributed by atoms with Gasteiger partial charge >= 0.3 is 0 Å². The SMILES string of the molecule is Cc1ccccc1[C@H](N)C1CCOCC1.Cl. The van der Waals surface area contributed by atoms with E-state index in [1.165, 1.54) is 11.1 Å². The van der Waals surface area contributed by atoms with Gasteiger partial charge in [-0.05, 0) is 36.8 Å². The van der Waals surface area contributed by atoms with Crippen LogP contribution in [0, 0.1) is 12.8 Å². The molecule has 1 aliphatic heterocycles. The first-order chi connectivity index (χ1) is 7.29. The van der Waals surface area contributed by atoms with Crippen LogP contribution in [0.15, 0.2) is 24.3 Å². The molecule has 1 heterocycles. The van der Waals surface area contributed by atoms with Gasteiger partial charge in [-0.3, -0.25) is 0 Å². The van der Waals surface area contributed by atoms with E-state index in [0.717, 1.165) is 26.1 Å². The maximum Gasteiger partial charge on any atom is 0.0469 e. The molecular weight excluding hydrogens is 222 g/mol. The van der Waals surface area contributed by atoms with Gasteiger partial charge in [0.2, 0.25) is 0 Å². The molecule has 1 aromatic carbocycles. The zero-order chi connectivity index (χ0) is 10.7. The van der Waals surface area contributed by atoms with E-state index < -0.39 is 0 Å². The third kappa shape index (κ3) is 2.97. The van der Waals surface area contributed by atoms with E-state index in [1.807, 2.05) is 0 Å². The Morgan fingerprint density at radius 1 is 1.25 bits per heavy atom. The number of ether oxygens (including phenoxy) is 1. The second-order valence-electron chi connectivity index (χ2n) is 4.33. The Labute approximate surface area is 104 Å². The second kappa shape index (κ2) is 6.24. The number of benzene rings is 1. The van der Waals surface area contributed by atoms with Gasteiger partial charge in [0.05, 0.1) is 0 Å². The Morgan fingerprint density at radius 3 is 2.50 bits per heavy atom. The average molecular weight is 242 g/mol. The minimum atomic E-state index is 0. The van der Waals surface area contributed by atoms with Crippen molar-refractivity contribution >= 4 is 12.4 Å². The van der Waals surface area contributed by atoms with E-state index in [-0.39, 0.29) is 18.4 Å². The lowest BCUT2D eigenvalue weighted by Gasteiger charge is -2.28. The summed E-state index contributed by atoms with van der Waals surface area (Å²) in [6, 6.07) is 8.59. The molecule has 0 amide bonds. The predicted octanol–water partition coefficient (Wildman–Crippen LogP) is 2.84. The van der Waals surface area contributed by atoms with Gasteiger partial charge in [-0.25, -0.2) is 0 Å². The second-order valence-corrected chi connectivity index (χ2v) is 4.33. The molecule has 0 aliphatic carbocycles. The molecule has 0 aromatic heterocycles. The summed E-state index contributed by atoms with van der Waals surface area (Å²) in [5, 5.41) is 0. The fourth-order valence-electron chi connectivity index (χ4n) is 2.29. The molecule has 0 saturated carbocycles. The van der Waals surface area contributed by atoms with E-state index in [0.29, 0.717) is 5.92 Å². The Bertz CT molecular complexity index is 323. The molecule has 1 saturated heterocycles. The summed E-state index contributed by atoms with van der Waals surface area (Å²) in [5.74, 6) is 0.583. The molecule has 1 aliphatic rings. The number of rotatable bonds is 2. The normalized spacial score (nSPS) is 18.9. The smallest absolute Gasteiger partial charge is 0.0469 e. The van der Waals surface area contributed by atoms with Crippen molar-refractivity contribution in [2.45, 2.75) is 25.8 Å². The van der Waals surface area contributed by atoms with Crippen LogP contribution in [0.3, 0.4) is 0 Å². The first-order valence-electron chi connectivity index (χ1n) is 5.68. The maximum absolute atomic E-state index is 6.32. The fourth-order valence-corrected chi connectivity index (χ4v) is 2.29. The molecule has 1 aromatic rings. The molecule has 2 nitrogen and oxygen atoms in total. The fraction of sp³-hybridized carbons (Fsp3) is 0.538. The molecule has 0 unspecified atom stereocenters. The van der Waals surface area contributed by atoms with Crippen molar-refractivity contribution < 1.29 is 4.74 Å². The Kier molecular flexibility index (Phi) is 5.26. The van der Waals surface area contributed by atoms with Crippen LogP contribution < -0.4 is 5.73 Å². The van der Waals surface area contributed by atoms with Gasteiger partial charge in [0, 0.05) is 19.3 Å². The van der Waals surface area contributed by atoms with Crippen LogP contribution in [0.5, 0.6) is 0 Å². The molecule has 2 N–H and O–H groups in total. The molecule has 16 heavy (non-hydrogen) atoms. The number of nitrogens with two attached hydrogens (primary N) is 1. The zero-order valence-corrected chi connectivity index (χ0v) is 10.5. The molecule has 0 spiro atoms. The topological polar surface area (TPSA) is 35.2 Å². The van der Waals surface area contributed by atoms with Crippen LogP contribution in [-0.2, 0) is 4.74 Å². The third-order valence-corrected chi connectivity index (χ3v) is 3.32. The number of halogens is 1. The summed E-state index contributed by atoms with van der Waals surface area (Å²) in [5.41, 5.74) is 8.91. The van der Waals surface area contributed by atoms with Crippen LogP contribution in [0.25, 0.3) is 0 Å². The number of hydrogen-bond donors (Lipinski definition) is 1.